The van der Waals surface area contributed by atoms with Crippen LogP contribution in [0.15, 0.2) is 12.3 Å². The number of fused-ring (bicyclic) bond motifs is 1. The van der Waals surface area contributed by atoms with Crippen molar-refractivity contribution in [2.45, 2.75) is 52.0 Å². The summed E-state index contributed by atoms with van der Waals surface area (Å²) in [6, 6.07) is 0.488. The Labute approximate surface area is 166 Å². The molecule has 150 valence electrons. The van der Waals surface area contributed by atoms with Crippen LogP contribution < -0.4 is 5.32 Å². The summed E-state index contributed by atoms with van der Waals surface area (Å²) in [5.74, 6) is -2.03. The molecule has 1 aliphatic rings. The highest BCUT2D eigenvalue weighted by Crippen LogP contribution is 2.38. The number of thiophene rings is 1. The SMILES string of the molecule is CCOC(=O)c1c(NC(=O)C(C)n2nccc2C(=O)O)sc2c1CCCCC2. The molecule has 0 saturated heterocycles. The maximum atomic E-state index is 12.8. The predicted octanol–water partition coefficient (Wildman–Crippen LogP) is 3.29. The number of nitrogens with one attached hydrogen (secondary N) is 1. The molecule has 2 aromatic rings. The van der Waals surface area contributed by atoms with E-state index < -0.39 is 23.9 Å². The Balaban J connectivity index is 1.90. The first-order valence-corrected chi connectivity index (χ1v) is 10.1. The fourth-order valence-corrected chi connectivity index (χ4v) is 4.65. The predicted molar refractivity (Wildman–Crippen MR) is 104 cm³/mol. The van der Waals surface area contributed by atoms with Gasteiger partial charge in [0.2, 0.25) is 5.91 Å². The summed E-state index contributed by atoms with van der Waals surface area (Å²) in [5.41, 5.74) is 1.33. The van der Waals surface area contributed by atoms with Crippen LogP contribution in [0.2, 0.25) is 0 Å². The minimum atomic E-state index is -1.16. The Morgan fingerprint density at radius 3 is 2.79 bits per heavy atom. The van der Waals surface area contributed by atoms with Gasteiger partial charge in [-0.25, -0.2) is 14.3 Å². The Morgan fingerprint density at radius 1 is 1.32 bits per heavy atom. The topological polar surface area (TPSA) is 111 Å². The Morgan fingerprint density at radius 2 is 2.07 bits per heavy atom. The first-order chi connectivity index (χ1) is 13.4. The molecule has 9 heteroatoms. The summed E-state index contributed by atoms with van der Waals surface area (Å²) in [6.45, 7) is 3.56. The van der Waals surface area contributed by atoms with Gasteiger partial charge in [0, 0.05) is 11.1 Å². The number of aryl methyl sites for hydroxylation is 1. The van der Waals surface area contributed by atoms with Gasteiger partial charge in [-0.2, -0.15) is 5.10 Å². The van der Waals surface area contributed by atoms with Crippen LogP contribution in [-0.2, 0) is 22.4 Å². The summed E-state index contributed by atoms with van der Waals surface area (Å²) in [5, 5.41) is 16.5. The molecule has 1 atom stereocenters. The quantitative estimate of drug-likeness (QED) is 0.564. The number of carbonyl (C=O) groups is 3. The highest BCUT2D eigenvalue weighted by Gasteiger charge is 2.28. The van der Waals surface area contributed by atoms with Gasteiger partial charge in [-0.1, -0.05) is 6.42 Å². The van der Waals surface area contributed by atoms with Gasteiger partial charge in [-0.15, -0.1) is 11.3 Å². The fourth-order valence-electron chi connectivity index (χ4n) is 3.37. The van der Waals surface area contributed by atoms with Crippen molar-refractivity contribution in [3.8, 4) is 0 Å². The van der Waals surface area contributed by atoms with Gasteiger partial charge in [0.05, 0.1) is 12.2 Å². The van der Waals surface area contributed by atoms with E-state index in [2.05, 4.69) is 10.4 Å². The third-order valence-corrected chi connectivity index (χ3v) is 5.98. The van der Waals surface area contributed by atoms with Gasteiger partial charge in [0.15, 0.2) is 0 Å². The van der Waals surface area contributed by atoms with E-state index in [1.54, 1.807) is 13.8 Å². The molecule has 0 bridgehead atoms. The standard InChI is InChI=1S/C19H23N3O5S/c1-3-27-19(26)15-12-7-5-4-6-8-14(12)28-17(15)21-16(23)11(2)22-13(18(24)25)9-10-20-22/h9-11H,3-8H2,1-2H3,(H,21,23)(H,24,25). The first kappa shape index (κ1) is 20.1. The minimum absolute atomic E-state index is 0.0739. The average molecular weight is 405 g/mol. The molecule has 0 aromatic carbocycles. The number of carbonyl (C=O) groups excluding carboxylic acids is 2. The van der Waals surface area contributed by atoms with E-state index in [0.717, 1.165) is 47.2 Å². The number of hydrogen-bond donors (Lipinski definition) is 2. The maximum Gasteiger partial charge on any atom is 0.354 e. The van der Waals surface area contributed by atoms with Gasteiger partial charge >= 0.3 is 11.9 Å². The number of aromatic nitrogens is 2. The molecule has 1 unspecified atom stereocenters. The molecule has 0 saturated carbocycles. The van der Waals surface area contributed by atoms with Crippen LogP contribution >= 0.6 is 11.3 Å². The molecule has 2 heterocycles. The lowest BCUT2D eigenvalue weighted by atomic mass is 10.1. The van der Waals surface area contributed by atoms with Gasteiger partial charge < -0.3 is 15.2 Å². The maximum absolute atomic E-state index is 12.8. The lowest BCUT2D eigenvalue weighted by Gasteiger charge is -2.14. The summed E-state index contributed by atoms with van der Waals surface area (Å²) in [6.07, 6.45) is 6.15. The van der Waals surface area contributed by atoms with E-state index in [1.165, 1.54) is 23.6 Å². The Kier molecular flexibility index (Phi) is 6.13. The molecular weight excluding hydrogens is 382 g/mol. The first-order valence-electron chi connectivity index (χ1n) is 9.33. The summed E-state index contributed by atoms with van der Waals surface area (Å²) >= 11 is 1.40. The van der Waals surface area contributed by atoms with Crippen molar-refractivity contribution in [2.75, 3.05) is 11.9 Å². The van der Waals surface area contributed by atoms with E-state index in [9.17, 15) is 19.5 Å². The molecule has 3 rings (SSSR count). The van der Waals surface area contributed by atoms with Crippen LogP contribution in [0, 0.1) is 0 Å². The number of carboxylic acids is 1. The van der Waals surface area contributed by atoms with Crippen molar-refractivity contribution >= 4 is 34.2 Å². The zero-order valence-corrected chi connectivity index (χ0v) is 16.7. The third kappa shape index (κ3) is 3.94. The van der Waals surface area contributed by atoms with Crippen LogP contribution in [0.25, 0.3) is 0 Å². The fraction of sp³-hybridized carbons (Fsp3) is 0.474. The molecule has 1 aliphatic carbocycles. The number of esters is 1. The number of ether oxygens (including phenoxy) is 1. The second-order valence-corrected chi connectivity index (χ2v) is 7.73. The van der Waals surface area contributed by atoms with E-state index in [1.807, 2.05) is 0 Å². The van der Waals surface area contributed by atoms with Gasteiger partial charge in [-0.05, 0) is 51.2 Å². The smallest absolute Gasteiger partial charge is 0.354 e. The highest BCUT2D eigenvalue weighted by atomic mass is 32.1. The molecule has 28 heavy (non-hydrogen) atoms. The number of aromatic carboxylic acids is 1. The van der Waals surface area contributed by atoms with Gasteiger partial charge in [0.25, 0.3) is 0 Å². The third-order valence-electron chi connectivity index (χ3n) is 4.77. The molecule has 0 radical (unpaired) electrons. The molecule has 2 N–H and O–H groups in total. The number of rotatable bonds is 6. The monoisotopic (exact) mass is 405 g/mol. The van der Waals surface area contributed by atoms with Gasteiger partial charge in [-0.3, -0.25) is 4.79 Å². The van der Waals surface area contributed by atoms with Crippen molar-refractivity contribution in [1.82, 2.24) is 9.78 Å². The van der Waals surface area contributed by atoms with Crippen molar-refractivity contribution in [3.05, 3.63) is 34.0 Å². The largest absolute Gasteiger partial charge is 0.477 e. The van der Waals surface area contributed by atoms with E-state index in [0.29, 0.717) is 10.6 Å². The van der Waals surface area contributed by atoms with Crippen molar-refractivity contribution < 1.29 is 24.2 Å². The normalized spacial score (nSPS) is 14.6. The van der Waals surface area contributed by atoms with E-state index in [4.69, 9.17) is 4.74 Å². The molecule has 0 aliphatic heterocycles. The molecule has 2 aromatic heterocycles. The highest BCUT2D eigenvalue weighted by molar-refractivity contribution is 7.17. The van der Waals surface area contributed by atoms with Crippen LogP contribution in [0.5, 0.6) is 0 Å². The van der Waals surface area contributed by atoms with Crippen molar-refractivity contribution in [1.29, 1.82) is 0 Å². The Bertz CT molecular complexity index is 902. The van der Waals surface area contributed by atoms with Crippen LogP contribution in [0.4, 0.5) is 5.00 Å². The molecule has 0 spiro atoms. The zero-order valence-electron chi connectivity index (χ0n) is 15.9. The summed E-state index contributed by atoms with van der Waals surface area (Å²) in [7, 11) is 0. The number of anilines is 1. The average Bonchev–Trinajstić information content (AvgIpc) is 3.20. The van der Waals surface area contributed by atoms with Crippen LogP contribution in [0.1, 0.15) is 70.4 Å². The van der Waals surface area contributed by atoms with E-state index in [-0.39, 0.29) is 12.3 Å². The van der Waals surface area contributed by atoms with Gasteiger partial charge in [0.1, 0.15) is 16.7 Å². The molecular formula is C19H23N3O5S. The number of amides is 1. The molecule has 8 nitrogen and oxygen atoms in total. The minimum Gasteiger partial charge on any atom is -0.477 e. The number of hydrogen-bond acceptors (Lipinski definition) is 6. The number of carboxylic acid groups (broad SMARTS) is 1. The second-order valence-electron chi connectivity index (χ2n) is 6.62. The lowest BCUT2D eigenvalue weighted by Crippen LogP contribution is -2.27. The number of nitrogens with zero attached hydrogens (tertiary/aromatic N) is 2. The molecule has 1 amide bonds. The zero-order chi connectivity index (χ0) is 20.3. The van der Waals surface area contributed by atoms with Crippen molar-refractivity contribution in [2.24, 2.45) is 0 Å². The van der Waals surface area contributed by atoms with Crippen LogP contribution in [0.3, 0.4) is 0 Å². The summed E-state index contributed by atoms with van der Waals surface area (Å²) in [4.78, 5) is 37.8. The van der Waals surface area contributed by atoms with Crippen LogP contribution in [-0.4, -0.2) is 39.3 Å². The summed E-state index contributed by atoms with van der Waals surface area (Å²) < 4.78 is 6.37. The van der Waals surface area contributed by atoms with E-state index >= 15 is 0 Å². The van der Waals surface area contributed by atoms with Crippen molar-refractivity contribution in [3.63, 3.8) is 0 Å². The Hall–Kier alpha value is -2.68. The molecule has 0 fully saturated rings. The second kappa shape index (κ2) is 8.55. The lowest BCUT2D eigenvalue weighted by molar-refractivity contribution is -0.119.